The van der Waals surface area contributed by atoms with Crippen molar-refractivity contribution in [2.75, 3.05) is 13.7 Å². The Morgan fingerprint density at radius 3 is 2.66 bits per heavy atom. The number of hydrogen-bond donors (Lipinski definition) is 0. The van der Waals surface area contributed by atoms with Crippen molar-refractivity contribution in [3.63, 3.8) is 0 Å². The molecule has 0 saturated carbocycles. The van der Waals surface area contributed by atoms with Gasteiger partial charge in [-0.2, -0.15) is 9.78 Å². The Morgan fingerprint density at radius 2 is 2.00 bits per heavy atom. The van der Waals surface area contributed by atoms with Crippen LogP contribution in [-0.2, 0) is 9.53 Å². The van der Waals surface area contributed by atoms with E-state index in [1.165, 1.54) is 11.8 Å². The van der Waals surface area contributed by atoms with Gasteiger partial charge in [0.25, 0.3) is 5.56 Å². The summed E-state index contributed by atoms with van der Waals surface area (Å²) in [5, 5.41) is 4.99. The molecule has 0 spiro atoms. The summed E-state index contributed by atoms with van der Waals surface area (Å²) in [7, 11) is 1.52. The number of carbonyl (C=O) groups excluding carboxylic acids is 1. The molecule has 3 aromatic rings. The molecule has 2 aromatic carbocycles. The van der Waals surface area contributed by atoms with Crippen molar-refractivity contribution in [1.82, 2.24) is 9.66 Å². The SMILES string of the molecule is CCOC(=O)[C@@H](C)Oc1c(I)cc(C=Nn2c([C@H](C)CC)nc3ccc(Br)cc3c2=O)cc1OC. The van der Waals surface area contributed by atoms with Crippen molar-refractivity contribution in [3.8, 4) is 11.5 Å². The lowest BCUT2D eigenvalue weighted by Crippen LogP contribution is -2.26. The maximum atomic E-state index is 13.3. The normalized spacial score (nSPS) is 13.1. The highest BCUT2D eigenvalue weighted by Gasteiger charge is 2.21. The Hall–Kier alpha value is -2.47. The molecule has 35 heavy (non-hydrogen) atoms. The number of benzene rings is 2. The Labute approximate surface area is 225 Å². The van der Waals surface area contributed by atoms with E-state index in [2.05, 4.69) is 43.6 Å². The van der Waals surface area contributed by atoms with Crippen LogP contribution in [0.4, 0.5) is 0 Å². The van der Waals surface area contributed by atoms with E-state index in [4.69, 9.17) is 19.2 Å². The lowest BCUT2D eigenvalue weighted by atomic mass is 10.1. The summed E-state index contributed by atoms with van der Waals surface area (Å²) in [6.45, 7) is 7.69. The molecule has 8 nitrogen and oxygen atoms in total. The average Bonchev–Trinajstić information content (AvgIpc) is 2.84. The Kier molecular flexibility index (Phi) is 9.28. The van der Waals surface area contributed by atoms with E-state index >= 15 is 0 Å². The zero-order chi connectivity index (χ0) is 25.7. The summed E-state index contributed by atoms with van der Waals surface area (Å²) in [5.41, 5.74) is 1.08. The maximum Gasteiger partial charge on any atom is 0.347 e. The van der Waals surface area contributed by atoms with Crippen LogP contribution in [0.3, 0.4) is 0 Å². The molecule has 186 valence electrons. The number of esters is 1. The summed E-state index contributed by atoms with van der Waals surface area (Å²) in [4.78, 5) is 30.0. The highest BCUT2D eigenvalue weighted by Crippen LogP contribution is 2.34. The van der Waals surface area contributed by atoms with Gasteiger partial charge in [-0.3, -0.25) is 4.79 Å². The minimum atomic E-state index is -0.795. The number of halogens is 2. The van der Waals surface area contributed by atoms with Gasteiger partial charge in [-0.05, 0) is 78.8 Å². The third-order valence-corrected chi connectivity index (χ3v) is 6.67. The molecule has 0 fully saturated rings. The molecule has 10 heteroatoms. The van der Waals surface area contributed by atoms with Crippen LogP contribution in [0.1, 0.15) is 51.4 Å². The fourth-order valence-electron chi connectivity index (χ4n) is 3.32. The van der Waals surface area contributed by atoms with Gasteiger partial charge in [0.05, 0.1) is 34.4 Å². The number of fused-ring (bicyclic) bond motifs is 1. The molecule has 2 atom stereocenters. The fourth-order valence-corrected chi connectivity index (χ4v) is 4.43. The molecule has 3 rings (SSSR count). The van der Waals surface area contributed by atoms with E-state index in [-0.39, 0.29) is 18.1 Å². The molecule has 0 amide bonds. The summed E-state index contributed by atoms with van der Waals surface area (Å²) >= 11 is 5.53. The molecule has 0 unspecified atom stereocenters. The van der Waals surface area contributed by atoms with Crippen LogP contribution >= 0.6 is 38.5 Å². The molecular weight excluding hydrogens is 629 g/mol. The van der Waals surface area contributed by atoms with Crippen LogP contribution in [0, 0.1) is 3.57 Å². The van der Waals surface area contributed by atoms with E-state index < -0.39 is 12.1 Å². The number of nitrogens with zero attached hydrogens (tertiary/aromatic N) is 3. The third kappa shape index (κ3) is 6.21. The first-order valence-corrected chi connectivity index (χ1v) is 13.0. The summed E-state index contributed by atoms with van der Waals surface area (Å²) in [6, 6.07) is 9.00. The smallest absolute Gasteiger partial charge is 0.347 e. The first-order chi connectivity index (χ1) is 16.7. The maximum absolute atomic E-state index is 13.3. The molecular formula is C25H27BrIN3O5. The summed E-state index contributed by atoms with van der Waals surface area (Å²) < 4.78 is 19.2. The van der Waals surface area contributed by atoms with E-state index in [1.807, 2.05) is 32.0 Å². The Morgan fingerprint density at radius 1 is 1.26 bits per heavy atom. The molecule has 0 N–H and O–H groups in total. The fraction of sp³-hybridized carbons (Fsp3) is 0.360. The molecule has 1 aromatic heterocycles. The lowest BCUT2D eigenvalue weighted by molar-refractivity contribution is -0.150. The predicted molar refractivity (Wildman–Crippen MR) is 148 cm³/mol. The zero-order valence-corrected chi connectivity index (χ0v) is 23.9. The topological polar surface area (TPSA) is 92.0 Å². The van der Waals surface area contributed by atoms with Gasteiger partial charge in [-0.1, -0.05) is 29.8 Å². The van der Waals surface area contributed by atoms with Gasteiger partial charge in [-0.25, -0.2) is 9.78 Å². The van der Waals surface area contributed by atoms with E-state index in [0.29, 0.717) is 33.8 Å². The Bertz CT molecular complexity index is 1320. The summed E-state index contributed by atoms with van der Waals surface area (Å²) in [5.74, 6) is 1.03. The van der Waals surface area contributed by atoms with Gasteiger partial charge < -0.3 is 14.2 Å². The first-order valence-electron chi connectivity index (χ1n) is 11.2. The molecule has 0 bridgehead atoms. The van der Waals surface area contributed by atoms with Gasteiger partial charge in [-0.15, -0.1) is 0 Å². The quantitative estimate of drug-likeness (QED) is 0.172. The van der Waals surface area contributed by atoms with Crippen LogP contribution in [-0.4, -0.2) is 41.7 Å². The van der Waals surface area contributed by atoms with E-state index in [9.17, 15) is 9.59 Å². The van der Waals surface area contributed by atoms with Crippen molar-refractivity contribution in [2.24, 2.45) is 5.10 Å². The Balaban J connectivity index is 2.04. The number of methoxy groups -OCH3 is 1. The predicted octanol–water partition coefficient (Wildman–Crippen LogP) is 5.50. The number of ether oxygens (including phenoxy) is 3. The van der Waals surface area contributed by atoms with Crippen molar-refractivity contribution >= 4 is 61.6 Å². The molecule has 1 heterocycles. The number of rotatable bonds is 9. The zero-order valence-electron chi connectivity index (χ0n) is 20.2. The van der Waals surface area contributed by atoms with Crippen molar-refractivity contribution in [2.45, 2.75) is 46.1 Å². The molecule has 0 radical (unpaired) electrons. The molecule has 0 aliphatic rings. The van der Waals surface area contributed by atoms with Crippen LogP contribution in [0.15, 0.2) is 44.7 Å². The molecule has 0 aliphatic heterocycles. The monoisotopic (exact) mass is 655 g/mol. The summed E-state index contributed by atoms with van der Waals surface area (Å²) in [6.07, 6.45) is 1.60. The minimum absolute atomic E-state index is 0.0303. The van der Waals surface area contributed by atoms with Gasteiger partial charge in [0.15, 0.2) is 17.6 Å². The van der Waals surface area contributed by atoms with Crippen LogP contribution in [0.5, 0.6) is 11.5 Å². The lowest BCUT2D eigenvalue weighted by Gasteiger charge is -2.17. The van der Waals surface area contributed by atoms with Crippen LogP contribution in [0.25, 0.3) is 10.9 Å². The average molecular weight is 656 g/mol. The van der Waals surface area contributed by atoms with Crippen LogP contribution < -0.4 is 15.0 Å². The van der Waals surface area contributed by atoms with Gasteiger partial charge >= 0.3 is 5.97 Å². The second kappa shape index (κ2) is 12.0. The third-order valence-electron chi connectivity index (χ3n) is 5.37. The van der Waals surface area contributed by atoms with Crippen molar-refractivity contribution < 1.29 is 19.0 Å². The van der Waals surface area contributed by atoms with Gasteiger partial charge in [0, 0.05) is 10.4 Å². The largest absolute Gasteiger partial charge is 0.493 e. The number of carbonyl (C=O) groups is 1. The van der Waals surface area contributed by atoms with Gasteiger partial charge in [0.2, 0.25) is 0 Å². The second-order valence-corrected chi connectivity index (χ2v) is 9.93. The van der Waals surface area contributed by atoms with Crippen LogP contribution in [0.2, 0.25) is 0 Å². The highest BCUT2D eigenvalue weighted by molar-refractivity contribution is 14.1. The van der Waals surface area contributed by atoms with E-state index in [1.54, 1.807) is 32.2 Å². The highest BCUT2D eigenvalue weighted by atomic mass is 127. The van der Waals surface area contributed by atoms with Crippen molar-refractivity contribution in [1.29, 1.82) is 0 Å². The van der Waals surface area contributed by atoms with Gasteiger partial charge in [0.1, 0.15) is 5.82 Å². The first kappa shape index (κ1) is 27.1. The number of aromatic nitrogens is 2. The molecule has 0 saturated heterocycles. The second-order valence-electron chi connectivity index (χ2n) is 7.85. The van der Waals surface area contributed by atoms with E-state index in [0.717, 1.165) is 14.5 Å². The number of hydrogen-bond acceptors (Lipinski definition) is 7. The minimum Gasteiger partial charge on any atom is -0.493 e. The standard InChI is InChI=1S/C25H27BrIN3O5/c1-6-14(3)23-29-20-9-8-17(26)12-18(20)24(31)30(23)28-13-16-10-19(27)22(21(11-16)33-5)35-15(4)25(32)34-7-2/h8-15H,6-7H2,1-5H3/t14-,15-/m1/s1. The molecule has 0 aliphatic carbocycles. The van der Waals surface area contributed by atoms with Crippen molar-refractivity contribution in [3.05, 3.63) is 60.1 Å².